The first-order valence-electron chi connectivity index (χ1n) is 6.21. The van der Waals surface area contributed by atoms with E-state index < -0.39 is 9.84 Å². The van der Waals surface area contributed by atoms with E-state index >= 15 is 0 Å². The SMILES string of the molecule is CCNC(=NCC1CC1)NCCCS(C)(=O)=O. The van der Waals surface area contributed by atoms with E-state index in [0.717, 1.165) is 25.0 Å². The number of nitrogens with one attached hydrogen (secondary N) is 2. The summed E-state index contributed by atoms with van der Waals surface area (Å²) in [5.74, 6) is 1.79. The Balaban J connectivity index is 2.21. The zero-order chi connectivity index (χ0) is 12.7. The van der Waals surface area contributed by atoms with Crippen LogP contribution < -0.4 is 10.6 Å². The van der Waals surface area contributed by atoms with Crippen molar-refractivity contribution in [1.82, 2.24) is 10.6 Å². The fraction of sp³-hybridized carbons (Fsp3) is 0.909. The van der Waals surface area contributed by atoms with E-state index in [2.05, 4.69) is 15.6 Å². The molecule has 0 aromatic heterocycles. The third-order valence-electron chi connectivity index (χ3n) is 2.53. The van der Waals surface area contributed by atoms with Crippen LogP contribution >= 0.6 is 0 Å². The Morgan fingerprint density at radius 3 is 2.59 bits per heavy atom. The smallest absolute Gasteiger partial charge is 0.191 e. The molecule has 17 heavy (non-hydrogen) atoms. The molecular formula is C11H23N3O2S. The van der Waals surface area contributed by atoms with Gasteiger partial charge in [0.25, 0.3) is 0 Å². The van der Waals surface area contributed by atoms with Crippen LogP contribution in [0.25, 0.3) is 0 Å². The predicted molar refractivity (Wildman–Crippen MR) is 71.0 cm³/mol. The highest BCUT2D eigenvalue weighted by Crippen LogP contribution is 2.28. The zero-order valence-electron chi connectivity index (χ0n) is 10.7. The van der Waals surface area contributed by atoms with E-state index in [9.17, 15) is 8.42 Å². The van der Waals surface area contributed by atoms with Crippen LogP contribution in [0.1, 0.15) is 26.2 Å². The molecule has 0 spiro atoms. The Morgan fingerprint density at radius 2 is 2.06 bits per heavy atom. The molecule has 5 nitrogen and oxygen atoms in total. The summed E-state index contributed by atoms with van der Waals surface area (Å²) in [6, 6.07) is 0. The summed E-state index contributed by atoms with van der Waals surface area (Å²) in [5.41, 5.74) is 0. The third-order valence-corrected chi connectivity index (χ3v) is 3.56. The topological polar surface area (TPSA) is 70.6 Å². The monoisotopic (exact) mass is 261 g/mol. The first kappa shape index (κ1) is 14.3. The molecule has 1 saturated carbocycles. The summed E-state index contributed by atoms with van der Waals surface area (Å²) >= 11 is 0. The maximum atomic E-state index is 11.0. The Bertz CT molecular complexity index is 348. The number of aliphatic imine (C=N–C) groups is 1. The second-order valence-electron chi connectivity index (χ2n) is 4.57. The molecule has 1 aliphatic rings. The van der Waals surface area contributed by atoms with Gasteiger partial charge in [0.05, 0.1) is 5.75 Å². The van der Waals surface area contributed by atoms with Crippen molar-refractivity contribution in [2.75, 3.05) is 31.6 Å². The lowest BCUT2D eigenvalue weighted by atomic mass is 10.4. The zero-order valence-corrected chi connectivity index (χ0v) is 11.5. The van der Waals surface area contributed by atoms with Gasteiger partial charge in [0, 0.05) is 25.9 Å². The van der Waals surface area contributed by atoms with Crippen molar-refractivity contribution in [2.24, 2.45) is 10.9 Å². The molecule has 0 unspecified atom stereocenters. The quantitative estimate of drug-likeness (QED) is 0.395. The lowest BCUT2D eigenvalue weighted by molar-refractivity contribution is 0.598. The summed E-state index contributed by atoms with van der Waals surface area (Å²) in [6.45, 7) is 4.36. The standard InChI is InChI=1S/C11H23N3O2S/c1-3-12-11(14-9-10-5-6-10)13-7-4-8-17(2,15)16/h10H,3-9H2,1-2H3,(H2,12,13,14). The second-order valence-corrected chi connectivity index (χ2v) is 6.83. The fourth-order valence-corrected chi connectivity index (χ4v) is 2.07. The van der Waals surface area contributed by atoms with Crippen molar-refractivity contribution in [1.29, 1.82) is 0 Å². The largest absolute Gasteiger partial charge is 0.357 e. The molecule has 1 rings (SSSR count). The van der Waals surface area contributed by atoms with Crippen molar-refractivity contribution in [3.8, 4) is 0 Å². The van der Waals surface area contributed by atoms with Crippen LogP contribution in [0.15, 0.2) is 4.99 Å². The van der Waals surface area contributed by atoms with E-state index in [1.165, 1.54) is 19.1 Å². The molecule has 6 heteroatoms. The molecule has 0 atom stereocenters. The van der Waals surface area contributed by atoms with Gasteiger partial charge in [0.1, 0.15) is 9.84 Å². The van der Waals surface area contributed by atoms with Gasteiger partial charge in [0.15, 0.2) is 5.96 Å². The summed E-state index contributed by atoms with van der Waals surface area (Å²) in [4.78, 5) is 4.45. The van der Waals surface area contributed by atoms with Gasteiger partial charge in [-0.25, -0.2) is 8.42 Å². The van der Waals surface area contributed by atoms with E-state index in [0.29, 0.717) is 13.0 Å². The van der Waals surface area contributed by atoms with Crippen molar-refractivity contribution in [3.05, 3.63) is 0 Å². The fourth-order valence-electron chi connectivity index (χ4n) is 1.40. The van der Waals surface area contributed by atoms with E-state index in [1.54, 1.807) is 0 Å². The predicted octanol–water partition coefficient (Wildman–Crippen LogP) is 0.386. The number of rotatable bonds is 7. The molecule has 0 heterocycles. The highest BCUT2D eigenvalue weighted by molar-refractivity contribution is 7.90. The van der Waals surface area contributed by atoms with Crippen LogP contribution in [0, 0.1) is 5.92 Å². The Kier molecular flexibility index (Phi) is 5.74. The molecule has 2 N–H and O–H groups in total. The first-order valence-corrected chi connectivity index (χ1v) is 8.27. The minimum atomic E-state index is -2.85. The molecule has 1 fully saturated rings. The van der Waals surface area contributed by atoms with Crippen LogP contribution in [-0.4, -0.2) is 46.0 Å². The molecule has 100 valence electrons. The van der Waals surface area contributed by atoms with Crippen LogP contribution in [0.2, 0.25) is 0 Å². The van der Waals surface area contributed by atoms with E-state index in [-0.39, 0.29) is 5.75 Å². The molecule has 0 radical (unpaired) electrons. The molecule has 0 saturated heterocycles. The maximum absolute atomic E-state index is 11.0. The minimum absolute atomic E-state index is 0.224. The Hall–Kier alpha value is -0.780. The Morgan fingerprint density at radius 1 is 1.35 bits per heavy atom. The van der Waals surface area contributed by atoms with Gasteiger partial charge in [0.2, 0.25) is 0 Å². The molecule has 0 aromatic rings. The van der Waals surface area contributed by atoms with Gasteiger partial charge in [-0.1, -0.05) is 0 Å². The van der Waals surface area contributed by atoms with Gasteiger partial charge in [-0.3, -0.25) is 4.99 Å². The van der Waals surface area contributed by atoms with E-state index in [4.69, 9.17) is 0 Å². The van der Waals surface area contributed by atoms with Gasteiger partial charge < -0.3 is 10.6 Å². The van der Waals surface area contributed by atoms with Crippen molar-refractivity contribution in [3.63, 3.8) is 0 Å². The molecule has 1 aliphatic carbocycles. The van der Waals surface area contributed by atoms with Crippen LogP contribution in [-0.2, 0) is 9.84 Å². The molecule has 0 bridgehead atoms. The van der Waals surface area contributed by atoms with Crippen molar-refractivity contribution >= 4 is 15.8 Å². The number of sulfone groups is 1. The first-order chi connectivity index (χ1) is 8.01. The normalized spacial score (nSPS) is 16.9. The number of hydrogen-bond acceptors (Lipinski definition) is 3. The van der Waals surface area contributed by atoms with Crippen LogP contribution in [0.4, 0.5) is 0 Å². The van der Waals surface area contributed by atoms with Gasteiger partial charge in [-0.05, 0) is 32.1 Å². The lowest BCUT2D eigenvalue weighted by Gasteiger charge is -2.10. The number of nitrogens with zero attached hydrogens (tertiary/aromatic N) is 1. The highest BCUT2D eigenvalue weighted by Gasteiger charge is 2.20. The van der Waals surface area contributed by atoms with Gasteiger partial charge in [-0.2, -0.15) is 0 Å². The average molecular weight is 261 g/mol. The summed E-state index contributed by atoms with van der Waals surface area (Å²) in [5, 5.41) is 6.30. The van der Waals surface area contributed by atoms with Gasteiger partial charge >= 0.3 is 0 Å². The summed E-state index contributed by atoms with van der Waals surface area (Å²) < 4.78 is 21.9. The highest BCUT2D eigenvalue weighted by atomic mass is 32.2. The molecule has 0 aromatic carbocycles. The van der Waals surface area contributed by atoms with Crippen molar-refractivity contribution in [2.45, 2.75) is 26.2 Å². The van der Waals surface area contributed by atoms with E-state index in [1.807, 2.05) is 6.92 Å². The Labute approximate surface area is 104 Å². The van der Waals surface area contributed by atoms with Crippen LogP contribution in [0.3, 0.4) is 0 Å². The molecular weight excluding hydrogens is 238 g/mol. The van der Waals surface area contributed by atoms with Crippen molar-refractivity contribution < 1.29 is 8.42 Å². The average Bonchev–Trinajstić information content (AvgIpc) is 3.03. The van der Waals surface area contributed by atoms with Gasteiger partial charge in [-0.15, -0.1) is 0 Å². The molecule has 0 amide bonds. The molecule has 0 aliphatic heterocycles. The number of guanidine groups is 1. The second kappa shape index (κ2) is 6.83. The third kappa shape index (κ3) is 8.01. The lowest BCUT2D eigenvalue weighted by Crippen LogP contribution is -2.38. The maximum Gasteiger partial charge on any atom is 0.191 e. The summed E-state index contributed by atoms with van der Waals surface area (Å²) in [6.07, 6.45) is 4.46. The summed E-state index contributed by atoms with van der Waals surface area (Å²) in [7, 11) is -2.85. The number of hydrogen-bond donors (Lipinski definition) is 2. The van der Waals surface area contributed by atoms with Crippen LogP contribution in [0.5, 0.6) is 0 Å². The minimum Gasteiger partial charge on any atom is -0.357 e.